The van der Waals surface area contributed by atoms with Gasteiger partial charge in [0, 0.05) is 18.5 Å². The number of phenols is 1. The van der Waals surface area contributed by atoms with Gasteiger partial charge in [-0.25, -0.2) is 0 Å². The molecule has 1 spiro atoms. The van der Waals surface area contributed by atoms with Gasteiger partial charge in [0.15, 0.2) is 11.5 Å². The number of carbonyl (C=O) groups is 1. The van der Waals surface area contributed by atoms with Gasteiger partial charge in [0.25, 0.3) is 0 Å². The molecule has 178 valence electrons. The molecule has 0 radical (unpaired) electrons. The van der Waals surface area contributed by atoms with Crippen LogP contribution in [0.15, 0.2) is 42.5 Å². The minimum atomic E-state index is -0.580. The maximum atomic E-state index is 13.5. The Kier molecular flexibility index (Phi) is 4.58. The number of hydrogen-bond donors (Lipinski definition) is 1. The Morgan fingerprint density at radius 3 is 2.79 bits per heavy atom. The number of nitrogens with zero attached hydrogens (tertiary/aromatic N) is 1. The molecule has 1 unspecified atom stereocenters. The van der Waals surface area contributed by atoms with Crippen LogP contribution in [-0.2, 0) is 27.8 Å². The van der Waals surface area contributed by atoms with E-state index >= 15 is 0 Å². The molecule has 1 N–H and O–H groups in total. The molecule has 3 fully saturated rings. The van der Waals surface area contributed by atoms with Crippen molar-refractivity contribution in [2.75, 3.05) is 13.1 Å². The lowest BCUT2D eigenvalue weighted by Gasteiger charge is -2.64. The number of phenolic OH excluding ortho intramolecular Hbond substituents is 1. The van der Waals surface area contributed by atoms with E-state index in [1.165, 1.54) is 18.4 Å². The van der Waals surface area contributed by atoms with Gasteiger partial charge in [-0.1, -0.05) is 36.4 Å². The summed E-state index contributed by atoms with van der Waals surface area (Å²) in [5.74, 6) is 1.57. The van der Waals surface area contributed by atoms with Gasteiger partial charge in [-0.15, -0.1) is 0 Å². The van der Waals surface area contributed by atoms with Gasteiger partial charge in [-0.3, -0.25) is 9.69 Å². The number of aryl methyl sites for hydroxylation is 1. The number of likely N-dealkylation sites (tertiary alicyclic amines) is 1. The van der Waals surface area contributed by atoms with E-state index in [1.807, 2.05) is 18.2 Å². The average Bonchev–Trinajstić information content (AvgIpc) is 3.59. The van der Waals surface area contributed by atoms with Gasteiger partial charge in [-0.2, -0.15) is 0 Å². The van der Waals surface area contributed by atoms with E-state index in [1.54, 1.807) is 6.07 Å². The largest absolute Gasteiger partial charge is 0.504 e. The first-order chi connectivity index (χ1) is 16.6. The highest BCUT2D eigenvalue weighted by Gasteiger charge is 2.73. The van der Waals surface area contributed by atoms with Gasteiger partial charge in [0.05, 0.1) is 11.5 Å². The van der Waals surface area contributed by atoms with E-state index in [2.05, 4.69) is 23.1 Å². The second-order valence-corrected chi connectivity index (χ2v) is 11.2. The van der Waals surface area contributed by atoms with Crippen LogP contribution < -0.4 is 4.74 Å². The predicted octanol–water partition coefficient (Wildman–Crippen LogP) is 4.53. The molecule has 1 saturated heterocycles. The summed E-state index contributed by atoms with van der Waals surface area (Å²) in [6, 6.07) is 14.3. The Labute approximate surface area is 201 Å². The van der Waals surface area contributed by atoms with Crippen molar-refractivity contribution in [3.8, 4) is 11.5 Å². The Morgan fingerprint density at radius 1 is 1.12 bits per heavy atom. The zero-order valence-corrected chi connectivity index (χ0v) is 19.7. The van der Waals surface area contributed by atoms with Gasteiger partial charge in [-0.05, 0) is 81.0 Å². The first-order valence-corrected chi connectivity index (χ1v) is 13.1. The highest BCUT2D eigenvalue weighted by molar-refractivity contribution is 5.72. The standard InChI is InChI=1S/C29H33NO4/c31-22-12-11-21-17-23-29(34-25(32)13-10-19-5-2-1-3-6-19)14-4-7-24-28(29,26(21)27(22)33-24)15-16-30(23)18-20-8-9-20/h1-3,5-6,11-12,20,23-24,31H,4,7-10,13-18H2/t23?,24-,28+,29+/m0/s1. The molecule has 0 aromatic heterocycles. The molecule has 2 aromatic carbocycles. The monoisotopic (exact) mass is 459 g/mol. The quantitative estimate of drug-likeness (QED) is 0.643. The summed E-state index contributed by atoms with van der Waals surface area (Å²) in [5.41, 5.74) is 2.66. The van der Waals surface area contributed by atoms with E-state index in [4.69, 9.17) is 9.47 Å². The molecule has 5 nitrogen and oxygen atoms in total. The Bertz CT molecular complexity index is 1130. The van der Waals surface area contributed by atoms with Gasteiger partial charge < -0.3 is 14.6 Å². The van der Waals surface area contributed by atoms with Crippen molar-refractivity contribution < 1.29 is 19.4 Å². The lowest BCUT2D eigenvalue weighted by molar-refractivity contribution is -0.217. The third-order valence-electron chi connectivity index (χ3n) is 9.38. The number of aromatic hydroxyl groups is 1. The maximum Gasteiger partial charge on any atom is 0.306 e. The van der Waals surface area contributed by atoms with Crippen molar-refractivity contribution in [3.63, 3.8) is 0 Å². The highest BCUT2D eigenvalue weighted by Crippen LogP contribution is 2.66. The summed E-state index contributed by atoms with van der Waals surface area (Å²) in [6.07, 6.45) is 8.29. The van der Waals surface area contributed by atoms with E-state index in [-0.39, 0.29) is 29.3 Å². The van der Waals surface area contributed by atoms with Crippen LogP contribution in [0.1, 0.15) is 61.6 Å². The molecule has 5 heteroatoms. The SMILES string of the molecule is O=C(CCc1ccccc1)O[C@@]12CCC[C@@H]3Oc4c(O)ccc5c4[C@@]31CCN(CC1CC1)C2C5. The summed E-state index contributed by atoms with van der Waals surface area (Å²) in [5, 5.41) is 10.7. The summed E-state index contributed by atoms with van der Waals surface area (Å²) in [4.78, 5) is 16.1. The summed E-state index contributed by atoms with van der Waals surface area (Å²) in [6.45, 7) is 2.12. The minimum absolute atomic E-state index is 0.0314. The zero-order chi connectivity index (χ0) is 22.9. The highest BCUT2D eigenvalue weighted by atomic mass is 16.6. The molecule has 2 saturated carbocycles. The molecule has 3 aliphatic carbocycles. The van der Waals surface area contributed by atoms with Crippen molar-refractivity contribution >= 4 is 5.97 Å². The fourth-order valence-corrected chi connectivity index (χ4v) is 7.80. The molecule has 4 atom stereocenters. The maximum absolute atomic E-state index is 13.5. The smallest absolute Gasteiger partial charge is 0.306 e. The van der Waals surface area contributed by atoms with Crippen LogP contribution in [0.5, 0.6) is 11.5 Å². The van der Waals surface area contributed by atoms with E-state index in [9.17, 15) is 9.90 Å². The molecular formula is C29H33NO4. The Hall–Kier alpha value is -2.53. The predicted molar refractivity (Wildman–Crippen MR) is 128 cm³/mol. The topological polar surface area (TPSA) is 59.0 Å². The number of piperidine rings is 1. The molecule has 2 aromatic rings. The van der Waals surface area contributed by atoms with Crippen LogP contribution in [0.3, 0.4) is 0 Å². The first kappa shape index (κ1) is 20.8. The number of rotatable bonds is 6. The number of hydrogen-bond acceptors (Lipinski definition) is 5. The summed E-state index contributed by atoms with van der Waals surface area (Å²) >= 11 is 0. The fraction of sp³-hybridized carbons (Fsp3) is 0.552. The fourth-order valence-electron chi connectivity index (χ4n) is 7.80. The normalized spacial score (nSPS) is 33.2. The number of esters is 1. The molecule has 2 heterocycles. The van der Waals surface area contributed by atoms with Crippen LogP contribution in [0, 0.1) is 5.92 Å². The summed E-state index contributed by atoms with van der Waals surface area (Å²) in [7, 11) is 0. The molecule has 34 heavy (non-hydrogen) atoms. The first-order valence-electron chi connectivity index (χ1n) is 13.1. The number of carbonyl (C=O) groups excluding carboxylic acids is 1. The van der Waals surface area contributed by atoms with Crippen LogP contribution in [0.4, 0.5) is 0 Å². The van der Waals surface area contributed by atoms with Crippen molar-refractivity contribution in [2.24, 2.45) is 5.92 Å². The van der Waals surface area contributed by atoms with E-state index in [0.29, 0.717) is 18.6 Å². The Morgan fingerprint density at radius 2 is 1.97 bits per heavy atom. The van der Waals surface area contributed by atoms with Crippen molar-refractivity contribution in [3.05, 3.63) is 59.2 Å². The van der Waals surface area contributed by atoms with Gasteiger partial charge in [0.2, 0.25) is 0 Å². The van der Waals surface area contributed by atoms with Crippen LogP contribution in [0.25, 0.3) is 0 Å². The summed E-state index contributed by atoms with van der Waals surface area (Å²) < 4.78 is 13.3. The van der Waals surface area contributed by atoms with Crippen molar-refractivity contribution in [1.82, 2.24) is 4.90 Å². The third-order valence-corrected chi connectivity index (χ3v) is 9.38. The van der Waals surface area contributed by atoms with Crippen molar-refractivity contribution in [2.45, 2.75) is 80.9 Å². The Balaban J connectivity index is 1.29. The number of benzene rings is 2. The lowest BCUT2D eigenvalue weighted by atomic mass is 9.49. The number of ether oxygens (including phenoxy) is 2. The molecular weight excluding hydrogens is 426 g/mol. The molecule has 2 aliphatic heterocycles. The lowest BCUT2D eigenvalue weighted by Crippen LogP contribution is -2.76. The molecule has 5 aliphatic rings. The second kappa shape index (κ2) is 7.48. The van der Waals surface area contributed by atoms with E-state index in [0.717, 1.165) is 62.2 Å². The van der Waals surface area contributed by atoms with Crippen LogP contribution >= 0.6 is 0 Å². The van der Waals surface area contributed by atoms with Crippen LogP contribution in [-0.4, -0.2) is 46.8 Å². The van der Waals surface area contributed by atoms with E-state index < -0.39 is 5.60 Å². The van der Waals surface area contributed by atoms with Crippen LogP contribution in [0.2, 0.25) is 0 Å². The van der Waals surface area contributed by atoms with Gasteiger partial charge in [0.1, 0.15) is 11.7 Å². The second-order valence-electron chi connectivity index (χ2n) is 11.2. The molecule has 7 rings (SSSR count). The molecule has 0 amide bonds. The van der Waals surface area contributed by atoms with Crippen molar-refractivity contribution in [1.29, 1.82) is 0 Å². The zero-order valence-electron chi connectivity index (χ0n) is 19.7. The minimum Gasteiger partial charge on any atom is -0.504 e. The average molecular weight is 460 g/mol. The van der Waals surface area contributed by atoms with Gasteiger partial charge >= 0.3 is 5.97 Å². The molecule has 2 bridgehead atoms. The third kappa shape index (κ3) is 2.85.